The molecule has 1 aromatic carbocycles. The molecule has 0 aliphatic rings. The molecule has 8 nitrogen and oxygen atoms in total. The Balaban J connectivity index is 2.14. The Bertz CT molecular complexity index is 900. The number of carbonyl (C=O) groups is 2. The van der Waals surface area contributed by atoms with Crippen LogP contribution in [0.1, 0.15) is 22.8 Å². The first-order chi connectivity index (χ1) is 12.8. The third kappa shape index (κ3) is 6.15. The Morgan fingerprint density at radius 3 is 2.44 bits per heavy atom. The minimum atomic E-state index is -3.63. The summed E-state index contributed by atoms with van der Waals surface area (Å²) >= 11 is 0. The molecule has 1 N–H and O–H groups in total. The second-order valence-electron chi connectivity index (χ2n) is 5.70. The SMILES string of the molecule is CCOC(=O)c1ccccc1NC(=O)CN(Cc1ccncc1)S(C)(=O)=O. The maximum Gasteiger partial charge on any atom is 0.340 e. The molecule has 1 heterocycles. The number of ether oxygens (including phenoxy) is 1. The van der Waals surface area contributed by atoms with Crippen molar-refractivity contribution in [3.8, 4) is 0 Å². The van der Waals surface area contributed by atoms with Crippen LogP contribution in [0.5, 0.6) is 0 Å². The highest BCUT2D eigenvalue weighted by atomic mass is 32.2. The van der Waals surface area contributed by atoms with E-state index in [1.807, 2.05) is 0 Å². The molecule has 2 rings (SSSR count). The van der Waals surface area contributed by atoms with Crippen LogP contribution in [-0.2, 0) is 26.1 Å². The molecular weight excluding hydrogens is 370 g/mol. The van der Waals surface area contributed by atoms with E-state index in [0.29, 0.717) is 5.56 Å². The van der Waals surface area contributed by atoms with E-state index < -0.39 is 28.4 Å². The van der Waals surface area contributed by atoms with Crippen LogP contribution in [0, 0.1) is 0 Å². The van der Waals surface area contributed by atoms with Crippen molar-refractivity contribution < 1.29 is 22.7 Å². The van der Waals surface area contributed by atoms with E-state index in [4.69, 9.17) is 4.74 Å². The molecular formula is C18H21N3O5S. The Hall–Kier alpha value is -2.78. The maximum atomic E-state index is 12.4. The van der Waals surface area contributed by atoms with E-state index in [9.17, 15) is 18.0 Å². The number of nitrogens with one attached hydrogen (secondary N) is 1. The fraction of sp³-hybridized carbons (Fsp3) is 0.278. The van der Waals surface area contributed by atoms with Crippen LogP contribution >= 0.6 is 0 Å². The molecule has 0 spiro atoms. The predicted octanol–water partition coefficient (Wildman–Crippen LogP) is 1.66. The molecule has 0 aliphatic heterocycles. The third-order valence-electron chi connectivity index (χ3n) is 3.59. The number of carbonyl (C=O) groups excluding carboxylic acids is 2. The predicted molar refractivity (Wildman–Crippen MR) is 101 cm³/mol. The van der Waals surface area contributed by atoms with Gasteiger partial charge in [-0.3, -0.25) is 9.78 Å². The summed E-state index contributed by atoms with van der Waals surface area (Å²) in [6.07, 6.45) is 4.13. The number of para-hydroxylation sites is 1. The van der Waals surface area contributed by atoms with E-state index in [-0.39, 0.29) is 24.4 Å². The van der Waals surface area contributed by atoms with E-state index in [1.54, 1.807) is 49.6 Å². The van der Waals surface area contributed by atoms with Crippen LogP contribution in [0.25, 0.3) is 0 Å². The zero-order valence-corrected chi connectivity index (χ0v) is 15.9. The normalized spacial score (nSPS) is 11.2. The number of hydrogen-bond acceptors (Lipinski definition) is 6. The molecule has 0 unspecified atom stereocenters. The summed E-state index contributed by atoms with van der Waals surface area (Å²) in [5.41, 5.74) is 1.17. The summed E-state index contributed by atoms with van der Waals surface area (Å²) in [5, 5.41) is 2.58. The fourth-order valence-corrected chi connectivity index (χ4v) is 3.05. The summed E-state index contributed by atoms with van der Waals surface area (Å²) < 4.78 is 30.1. The van der Waals surface area contributed by atoms with Gasteiger partial charge in [-0.15, -0.1) is 0 Å². The number of amides is 1. The lowest BCUT2D eigenvalue weighted by molar-refractivity contribution is -0.116. The van der Waals surface area contributed by atoms with Gasteiger partial charge in [0.15, 0.2) is 0 Å². The molecule has 0 atom stereocenters. The summed E-state index contributed by atoms with van der Waals surface area (Å²) in [6, 6.07) is 9.73. The number of aromatic nitrogens is 1. The van der Waals surface area contributed by atoms with Gasteiger partial charge in [0.25, 0.3) is 0 Å². The third-order valence-corrected chi connectivity index (χ3v) is 4.79. The van der Waals surface area contributed by atoms with Gasteiger partial charge in [-0.1, -0.05) is 12.1 Å². The average Bonchev–Trinajstić information content (AvgIpc) is 2.62. The van der Waals surface area contributed by atoms with Crippen molar-refractivity contribution in [2.45, 2.75) is 13.5 Å². The summed E-state index contributed by atoms with van der Waals surface area (Å²) in [7, 11) is -3.63. The van der Waals surface area contributed by atoms with Gasteiger partial charge in [-0.25, -0.2) is 13.2 Å². The lowest BCUT2D eigenvalue weighted by Gasteiger charge is -2.20. The molecule has 9 heteroatoms. The van der Waals surface area contributed by atoms with E-state index >= 15 is 0 Å². The van der Waals surface area contributed by atoms with Crippen LogP contribution in [0.2, 0.25) is 0 Å². The average molecular weight is 391 g/mol. The first kappa shape index (κ1) is 20.5. The van der Waals surface area contributed by atoms with Crippen LogP contribution in [0.15, 0.2) is 48.8 Å². The summed E-state index contributed by atoms with van der Waals surface area (Å²) in [5.74, 6) is -1.13. The van der Waals surface area contributed by atoms with Gasteiger partial charge >= 0.3 is 5.97 Å². The van der Waals surface area contributed by atoms with Gasteiger partial charge in [0.05, 0.1) is 30.7 Å². The first-order valence-corrected chi connectivity index (χ1v) is 10.1. The number of hydrogen-bond donors (Lipinski definition) is 1. The van der Waals surface area contributed by atoms with Gasteiger partial charge in [-0.2, -0.15) is 4.31 Å². The lowest BCUT2D eigenvalue weighted by atomic mass is 10.2. The zero-order valence-electron chi connectivity index (χ0n) is 15.1. The van der Waals surface area contributed by atoms with Crippen molar-refractivity contribution in [3.05, 3.63) is 59.9 Å². The van der Waals surface area contributed by atoms with E-state index in [2.05, 4.69) is 10.3 Å². The quantitative estimate of drug-likeness (QED) is 0.686. The lowest BCUT2D eigenvalue weighted by Crippen LogP contribution is -2.37. The van der Waals surface area contributed by atoms with Gasteiger partial charge in [0.2, 0.25) is 15.9 Å². The molecule has 144 valence electrons. The number of nitrogens with zero attached hydrogens (tertiary/aromatic N) is 2. The summed E-state index contributed by atoms with van der Waals surface area (Å²) in [6.45, 7) is 1.53. The number of sulfonamides is 1. The summed E-state index contributed by atoms with van der Waals surface area (Å²) in [4.78, 5) is 28.3. The smallest absolute Gasteiger partial charge is 0.340 e. The number of pyridine rings is 1. The second-order valence-corrected chi connectivity index (χ2v) is 7.68. The largest absolute Gasteiger partial charge is 0.462 e. The first-order valence-electron chi connectivity index (χ1n) is 8.21. The highest BCUT2D eigenvalue weighted by Crippen LogP contribution is 2.17. The van der Waals surface area contributed by atoms with Gasteiger partial charge in [0, 0.05) is 18.9 Å². The Morgan fingerprint density at radius 2 is 1.81 bits per heavy atom. The zero-order chi connectivity index (χ0) is 19.9. The molecule has 0 saturated heterocycles. The Kier molecular flexibility index (Phi) is 7.03. The van der Waals surface area contributed by atoms with Crippen LogP contribution in [-0.4, -0.2) is 49.0 Å². The molecule has 0 aliphatic carbocycles. The van der Waals surface area contributed by atoms with Crippen LogP contribution < -0.4 is 5.32 Å². The Labute approximate surface area is 158 Å². The second kappa shape index (κ2) is 9.24. The van der Waals surface area contributed by atoms with Crippen molar-refractivity contribution in [1.82, 2.24) is 9.29 Å². The number of esters is 1. The highest BCUT2D eigenvalue weighted by molar-refractivity contribution is 7.88. The molecule has 0 saturated carbocycles. The van der Waals surface area contributed by atoms with Gasteiger partial charge < -0.3 is 10.1 Å². The molecule has 1 aromatic heterocycles. The van der Waals surface area contributed by atoms with E-state index in [1.165, 1.54) is 6.07 Å². The minimum Gasteiger partial charge on any atom is -0.462 e. The number of anilines is 1. The van der Waals surface area contributed by atoms with Crippen molar-refractivity contribution in [2.24, 2.45) is 0 Å². The molecule has 0 fully saturated rings. The molecule has 2 aromatic rings. The maximum absolute atomic E-state index is 12.4. The standard InChI is InChI=1S/C18H21N3O5S/c1-3-26-18(23)15-6-4-5-7-16(15)20-17(22)13-21(27(2,24)25)12-14-8-10-19-11-9-14/h4-11H,3,12-13H2,1-2H3,(H,20,22). The van der Waals surface area contributed by atoms with E-state index in [0.717, 1.165) is 10.6 Å². The van der Waals surface area contributed by atoms with Crippen LogP contribution in [0.3, 0.4) is 0 Å². The number of benzene rings is 1. The highest BCUT2D eigenvalue weighted by Gasteiger charge is 2.22. The Morgan fingerprint density at radius 1 is 1.15 bits per heavy atom. The molecule has 0 bridgehead atoms. The fourth-order valence-electron chi connectivity index (χ4n) is 2.31. The van der Waals surface area contributed by atoms with Gasteiger partial charge in [-0.05, 0) is 36.8 Å². The van der Waals surface area contributed by atoms with Crippen molar-refractivity contribution in [2.75, 3.05) is 24.7 Å². The monoisotopic (exact) mass is 391 g/mol. The molecule has 1 amide bonds. The van der Waals surface area contributed by atoms with Crippen molar-refractivity contribution in [1.29, 1.82) is 0 Å². The van der Waals surface area contributed by atoms with Crippen LogP contribution in [0.4, 0.5) is 5.69 Å². The minimum absolute atomic E-state index is 0.0360. The number of rotatable bonds is 8. The van der Waals surface area contributed by atoms with Crippen molar-refractivity contribution >= 4 is 27.6 Å². The van der Waals surface area contributed by atoms with Crippen molar-refractivity contribution in [3.63, 3.8) is 0 Å². The molecule has 27 heavy (non-hydrogen) atoms. The van der Waals surface area contributed by atoms with Gasteiger partial charge in [0.1, 0.15) is 0 Å². The molecule has 0 radical (unpaired) electrons. The topological polar surface area (TPSA) is 106 Å².